The second kappa shape index (κ2) is 5.03. The van der Waals surface area contributed by atoms with Gasteiger partial charge in [0.25, 0.3) is 0 Å². The molecule has 1 saturated heterocycles. The summed E-state index contributed by atoms with van der Waals surface area (Å²) in [5.41, 5.74) is 2.03. The molecular weight excluding hydrogens is 178 g/mol. The minimum atomic E-state index is -0.140. The van der Waals surface area contributed by atoms with E-state index in [9.17, 15) is 4.79 Å². The van der Waals surface area contributed by atoms with Crippen molar-refractivity contribution >= 4 is 5.97 Å². The molecule has 0 bridgehead atoms. The van der Waals surface area contributed by atoms with Crippen LogP contribution in [0.2, 0.25) is 0 Å². The highest BCUT2D eigenvalue weighted by molar-refractivity contribution is 5.89. The molecular formula is C11H19NO2. The van der Waals surface area contributed by atoms with Gasteiger partial charge in [-0.05, 0) is 26.2 Å². The molecule has 3 nitrogen and oxygen atoms in total. The highest BCUT2D eigenvalue weighted by Crippen LogP contribution is 2.24. The van der Waals surface area contributed by atoms with Crippen LogP contribution in [0.5, 0.6) is 0 Å². The van der Waals surface area contributed by atoms with Crippen LogP contribution in [0, 0.1) is 0 Å². The molecule has 3 heteroatoms. The zero-order valence-corrected chi connectivity index (χ0v) is 9.30. The lowest BCUT2D eigenvalue weighted by atomic mass is 10.1. The Labute approximate surface area is 85.7 Å². The van der Waals surface area contributed by atoms with Gasteiger partial charge in [0.1, 0.15) is 0 Å². The molecule has 0 aromatic carbocycles. The van der Waals surface area contributed by atoms with Crippen LogP contribution in [0.4, 0.5) is 0 Å². The number of carbonyl (C=O) groups excluding carboxylic acids is 1. The Hall–Kier alpha value is -0.990. The SMILES string of the molecule is CCOC(=O)/C(CC)=C1/CCCN1C. The molecule has 80 valence electrons. The molecule has 0 spiro atoms. The van der Waals surface area contributed by atoms with Crippen molar-refractivity contribution in [3.05, 3.63) is 11.3 Å². The third-order valence-corrected chi connectivity index (χ3v) is 2.59. The molecule has 1 heterocycles. The average molecular weight is 197 g/mol. The first-order chi connectivity index (χ1) is 6.70. The first-order valence-corrected chi connectivity index (χ1v) is 5.31. The van der Waals surface area contributed by atoms with Gasteiger partial charge < -0.3 is 9.64 Å². The Morgan fingerprint density at radius 1 is 1.50 bits per heavy atom. The quantitative estimate of drug-likeness (QED) is 0.511. The van der Waals surface area contributed by atoms with Crippen molar-refractivity contribution < 1.29 is 9.53 Å². The Kier molecular flexibility index (Phi) is 3.98. The number of hydrogen-bond donors (Lipinski definition) is 0. The Morgan fingerprint density at radius 2 is 2.21 bits per heavy atom. The first-order valence-electron chi connectivity index (χ1n) is 5.31. The summed E-state index contributed by atoms with van der Waals surface area (Å²) in [7, 11) is 2.04. The predicted octanol–water partition coefficient (Wildman–Crippen LogP) is 1.94. The average Bonchev–Trinajstić information content (AvgIpc) is 2.54. The molecule has 0 unspecified atom stereocenters. The monoisotopic (exact) mass is 197 g/mol. The van der Waals surface area contributed by atoms with Crippen LogP contribution in [-0.2, 0) is 9.53 Å². The van der Waals surface area contributed by atoms with E-state index >= 15 is 0 Å². The fraction of sp³-hybridized carbons (Fsp3) is 0.727. The van der Waals surface area contributed by atoms with Gasteiger partial charge in [-0.3, -0.25) is 0 Å². The summed E-state index contributed by atoms with van der Waals surface area (Å²) in [5.74, 6) is -0.140. The molecule has 0 aromatic heterocycles. The molecule has 1 aliphatic rings. The summed E-state index contributed by atoms with van der Waals surface area (Å²) in [6.07, 6.45) is 2.92. The highest BCUT2D eigenvalue weighted by Gasteiger charge is 2.21. The maximum atomic E-state index is 11.6. The fourth-order valence-electron chi connectivity index (χ4n) is 1.88. The smallest absolute Gasteiger partial charge is 0.335 e. The van der Waals surface area contributed by atoms with E-state index in [2.05, 4.69) is 4.90 Å². The van der Waals surface area contributed by atoms with E-state index in [1.54, 1.807) is 0 Å². The van der Waals surface area contributed by atoms with Gasteiger partial charge in [0, 0.05) is 19.3 Å². The Morgan fingerprint density at radius 3 is 2.64 bits per heavy atom. The van der Waals surface area contributed by atoms with Crippen LogP contribution in [0.25, 0.3) is 0 Å². The molecule has 0 N–H and O–H groups in total. The minimum Gasteiger partial charge on any atom is -0.463 e. The van der Waals surface area contributed by atoms with Crippen molar-refractivity contribution in [3.8, 4) is 0 Å². The van der Waals surface area contributed by atoms with Crippen LogP contribution in [0.3, 0.4) is 0 Å². The normalized spacial score (nSPS) is 19.8. The molecule has 0 amide bonds. The number of allylic oxidation sites excluding steroid dienone is 1. The van der Waals surface area contributed by atoms with E-state index in [1.165, 1.54) is 5.70 Å². The van der Waals surface area contributed by atoms with Crippen molar-refractivity contribution in [1.29, 1.82) is 0 Å². The number of likely N-dealkylation sites (tertiary alicyclic amines) is 1. The second-order valence-corrected chi connectivity index (χ2v) is 3.52. The van der Waals surface area contributed by atoms with Crippen molar-refractivity contribution in [2.24, 2.45) is 0 Å². The van der Waals surface area contributed by atoms with Crippen LogP contribution in [-0.4, -0.2) is 31.1 Å². The Balaban J connectivity index is 2.82. The lowest BCUT2D eigenvalue weighted by Gasteiger charge is -2.16. The van der Waals surface area contributed by atoms with E-state index in [-0.39, 0.29) is 5.97 Å². The minimum absolute atomic E-state index is 0.140. The number of rotatable bonds is 3. The van der Waals surface area contributed by atoms with Crippen LogP contribution >= 0.6 is 0 Å². The third kappa shape index (κ3) is 2.28. The van der Waals surface area contributed by atoms with Gasteiger partial charge in [0.05, 0.1) is 12.2 Å². The molecule has 1 rings (SSSR count). The summed E-state index contributed by atoms with van der Waals surface area (Å²) in [6.45, 7) is 5.36. The second-order valence-electron chi connectivity index (χ2n) is 3.52. The maximum Gasteiger partial charge on any atom is 0.335 e. The van der Waals surface area contributed by atoms with E-state index < -0.39 is 0 Å². The molecule has 0 radical (unpaired) electrons. The van der Waals surface area contributed by atoms with Gasteiger partial charge in [0.15, 0.2) is 0 Å². The van der Waals surface area contributed by atoms with E-state index in [4.69, 9.17) is 4.74 Å². The van der Waals surface area contributed by atoms with Crippen molar-refractivity contribution in [2.75, 3.05) is 20.2 Å². The molecule has 1 aliphatic heterocycles. The van der Waals surface area contributed by atoms with Gasteiger partial charge >= 0.3 is 5.97 Å². The van der Waals surface area contributed by atoms with E-state index in [0.717, 1.165) is 31.4 Å². The number of ether oxygens (including phenoxy) is 1. The molecule has 1 fully saturated rings. The zero-order chi connectivity index (χ0) is 10.6. The van der Waals surface area contributed by atoms with Crippen LogP contribution in [0.1, 0.15) is 33.1 Å². The largest absolute Gasteiger partial charge is 0.463 e. The van der Waals surface area contributed by atoms with Crippen LogP contribution in [0.15, 0.2) is 11.3 Å². The van der Waals surface area contributed by atoms with Crippen molar-refractivity contribution in [3.63, 3.8) is 0 Å². The summed E-state index contributed by atoms with van der Waals surface area (Å²) in [5, 5.41) is 0. The maximum absolute atomic E-state index is 11.6. The van der Waals surface area contributed by atoms with Crippen LogP contribution < -0.4 is 0 Å². The molecule has 14 heavy (non-hydrogen) atoms. The lowest BCUT2D eigenvalue weighted by molar-refractivity contribution is -0.138. The van der Waals surface area contributed by atoms with Gasteiger partial charge in [0.2, 0.25) is 0 Å². The standard InChI is InChI=1S/C11H19NO2/c1-4-9(11(13)14-5-2)10-7-6-8-12(10)3/h4-8H2,1-3H3/b10-9-. The summed E-state index contributed by atoms with van der Waals surface area (Å²) in [4.78, 5) is 13.8. The molecule has 0 atom stereocenters. The highest BCUT2D eigenvalue weighted by atomic mass is 16.5. The molecule has 0 aliphatic carbocycles. The van der Waals surface area contributed by atoms with Gasteiger partial charge in [-0.2, -0.15) is 0 Å². The Bertz CT molecular complexity index is 246. The third-order valence-electron chi connectivity index (χ3n) is 2.59. The number of nitrogens with zero attached hydrogens (tertiary/aromatic N) is 1. The van der Waals surface area contributed by atoms with E-state index in [0.29, 0.717) is 6.61 Å². The van der Waals surface area contributed by atoms with Gasteiger partial charge in [-0.1, -0.05) is 6.92 Å². The number of esters is 1. The summed E-state index contributed by atoms with van der Waals surface area (Å²) in [6, 6.07) is 0. The fourth-order valence-corrected chi connectivity index (χ4v) is 1.88. The molecule has 0 saturated carbocycles. The zero-order valence-electron chi connectivity index (χ0n) is 9.30. The van der Waals surface area contributed by atoms with Gasteiger partial charge in [-0.15, -0.1) is 0 Å². The van der Waals surface area contributed by atoms with Gasteiger partial charge in [-0.25, -0.2) is 4.79 Å². The van der Waals surface area contributed by atoms with Crippen molar-refractivity contribution in [1.82, 2.24) is 4.90 Å². The lowest BCUT2D eigenvalue weighted by Crippen LogP contribution is -2.17. The molecule has 0 aromatic rings. The summed E-state index contributed by atoms with van der Waals surface area (Å²) < 4.78 is 5.03. The topological polar surface area (TPSA) is 29.5 Å². The number of hydrogen-bond acceptors (Lipinski definition) is 3. The summed E-state index contributed by atoms with van der Waals surface area (Å²) >= 11 is 0. The van der Waals surface area contributed by atoms with Crippen molar-refractivity contribution in [2.45, 2.75) is 33.1 Å². The predicted molar refractivity (Wildman–Crippen MR) is 55.8 cm³/mol. The first kappa shape index (κ1) is 11.1. The number of carbonyl (C=O) groups is 1. The van der Waals surface area contributed by atoms with E-state index in [1.807, 2.05) is 20.9 Å².